The van der Waals surface area contributed by atoms with Crippen LogP contribution in [0.4, 0.5) is 0 Å². The molecule has 0 saturated carbocycles. The maximum absolute atomic E-state index is 13.4. The predicted octanol–water partition coefficient (Wildman–Crippen LogP) is 1.26. The molecule has 1 aromatic heterocycles. The van der Waals surface area contributed by atoms with Crippen LogP contribution < -0.4 is 16.4 Å². The SMILES string of the molecule is NC(Cc1c[nH]c2ccccc12)C(=O)NC(Cc1ccccc1)C(=O)NC(CS)C(=O)N1CCCC1C(=O)O. The molecule has 1 fully saturated rings. The van der Waals surface area contributed by atoms with E-state index in [-0.39, 0.29) is 18.6 Å². The van der Waals surface area contributed by atoms with Gasteiger partial charge in [0.2, 0.25) is 17.7 Å². The zero-order valence-corrected chi connectivity index (χ0v) is 22.3. The summed E-state index contributed by atoms with van der Waals surface area (Å²) < 4.78 is 0. The second-order valence-corrected chi connectivity index (χ2v) is 10.1. The first-order valence-corrected chi connectivity index (χ1v) is 13.5. The Labute approximate surface area is 231 Å². The summed E-state index contributed by atoms with van der Waals surface area (Å²) in [5.74, 6) is -2.70. The number of carbonyl (C=O) groups excluding carboxylic acids is 3. The summed E-state index contributed by atoms with van der Waals surface area (Å²) in [5.41, 5.74) is 8.89. The van der Waals surface area contributed by atoms with Crippen molar-refractivity contribution in [3.63, 3.8) is 0 Å². The van der Waals surface area contributed by atoms with Crippen molar-refractivity contribution in [3.05, 3.63) is 71.9 Å². The van der Waals surface area contributed by atoms with Gasteiger partial charge in [0.05, 0.1) is 6.04 Å². The molecule has 10 nitrogen and oxygen atoms in total. The number of thiol groups is 1. The molecule has 4 unspecified atom stereocenters. The van der Waals surface area contributed by atoms with E-state index in [0.717, 1.165) is 22.0 Å². The van der Waals surface area contributed by atoms with Crippen molar-refractivity contribution in [2.45, 2.75) is 49.9 Å². The highest BCUT2D eigenvalue weighted by Gasteiger charge is 2.38. The van der Waals surface area contributed by atoms with Gasteiger partial charge in [-0.3, -0.25) is 14.4 Å². The molecule has 0 aliphatic carbocycles. The number of aromatic nitrogens is 1. The Kier molecular flexibility index (Phi) is 9.26. The number of hydrogen-bond acceptors (Lipinski definition) is 6. The van der Waals surface area contributed by atoms with Crippen LogP contribution in [0, 0.1) is 0 Å². The third-order valence-corrected chi connectivity index (χ3v) is 7.35. The Morgan fingerprint density at radius 2 is 1.69 bits per heavy atom. The van der Waals surface area contributed by atoms with E-state index in [1.54, 1.807) is 0 Å². The third kappa shape index (κ3) is 6.79. The summed E-state index contributed by atoms with van der Waals surface area (Å²) in [6.45, 7) is 0.294. The highest BCUT2D eigenvalue weighted by molar-refractivity contribution is 7.80. The Balaban J connectivity index is 1.47. The van der Waals surface area contributed by atoms with Crippen LogP contribution in [0.2, 0.25) is 0 Å². The van der Waals surface area contributed by atoms with Gasteiger partial charge in [-0.25, -0.2) is 4.79 Å². The van der Waals surface area contributed by atoms with Crippen LogP contribution in [0.3, 0.4) is 0 Å². The molecule has 1 aliphatic rings. The molecule has 0 bridgehead atoms. The fourth-order valence-electron chi connectivity index (χ4n) is 4.91. The summed E-state index contributed by atoms with van der Waals surface area (Å²) in [6.07, 6.45) is 3.18. The van der Waals surface area contributed by atoms with Crippen molar-refractivity contribution in [2.75, 3.05) is 12.3 Å². The van der Waals surface area contributed by atoms with E-state index < -0.39 is 47.9 Å². The molecule has 11 heteroatoms. The molecule has 4 rings (SSSR count). The fraction of sp³-hybridized carbons (Fsp3) is 0.357. The van der Waals surface area contributed by atoms with Gasteiger partial charge in [-0.15, -0.1) is 0 Å². The molecule has 0 radical (unpaired) electrons. The first kappa shape index (κ1) is 28.2. The average Bonchev–Trinajstić information content (AvgIpc) is 3.59. The summed E-state index contributed by atoms with van der Waals surface area (Å²) in [7, 11) is 0. The summed E-state index contributed by atoms with van der Waals surface area (Å²) >= 11 is 4.23. The molecule has 1 aliphatic heterocycles. The molecule has 6 N–H and O–H groups in total. The number of carboxylic acids is 1. The minimum atomic E-state index is -1.08. The number of nitrogens with zero attached hydrogens (tertiary/aromatic N) is 1. The Bertz CT molecular complexity index is 1330. The minimum Gasteiger partial charge on any atom is -0.480 e. The van der Waals surface area contributed by atoms with Gasteiger partial charge >= 0.3 is 5.97 Å². The van der Waals surface area contributed by atoms with E-state index >= 15 is 0 Å². The number of fused-ring (bicyclic) bond motifs is 1. The van der Waals surface area contributed by atoms with Gasteiger partial charge in [0, 0.05) is 35.8 Å². The lowest BCUT2D eigenvalue weighted by Crippen LogP contribution is -2.58. The Hall–Kier alpha value is -3.83. The van der Waals surface area contributed by atoms with Crippen LogP contribution >= 0.6 is 12.6 Å². The molecule has 2 aromatic carbocycles. The lowest BCUT2D eigenvalue weighted by molar-refractivity contribution is -0.149. The lowest BCUT2D eigenvalue weighted by Gasteiger charge is -2.28. The first-order chi connectivity index (χ1) is 18.8. The number of amides is 3. The van der Waals surface area contributed by atoms with Gasteiger partial charge in [-0.2, -0.15) is 12.6 Å². The summed E-state index contributed by atoms with van der Waals surface area (Å²) in [4.78, 5) is 55.7. The largest absolute Gasteiger partial charge is 0.480 e. The van der Waals surface area contributed by atoms with Crippen LogP contribution in [0.1, 0.15) is 24.0 Å². The number of aliphatic carboxylic acids is 1. The Morgan fingerprint density at radius 1 is 1.00 bits per heavy atom. The van der Waals surface area contributed by atoms with Gasteiger partial charge in [-0.05, 0) is 36.5 Å². The monoisotopic (exact) mass is 551 g/mol. The van der Waals surface area contributed by atoms with Crippen LogP contribution in [-0.4, -0.2) is 75.1 Å². The number of aromatic amines is 1. The second kappa shape index (κ2) is 12.8. The van der Waals surface area contributed by atoms with E-state index in [4.69, 9.17) is 5.73 Å². The molecule has 1 saturated heterocycles. The summed E-state index contributed by atoms with van der Waals surface area (Å²) in [5, 5.41) is 15.9. The number of carboxylic acid groups (broad SMARTS) is 1. The third-order valence-electron chi connectivity index (χ3n) is 6.99. The highest BCUT2D eigenvalue weighted by Crippen LogP contribution is 2.20. The van der Waals surface area contributed by atoms with Gasteiger partial charge in [-0.1, -0.05) is 48.5 Å². The van der Waals surface area contributed by atoms with Gasteiger partial charge in [0.15, 0.2) is 0 Å². The van der Waals surface area contributed by atoms with Crippen LogP contribution in [0.25, 0.3) is 10.9 Å². The van der Waals surface area contributed by atoms with Crippen molar-refractivity contribution < 1.29 is 24.3 Å². The zero-order valence-electron chi connectivity index (χ0n) is 21.4. The lowest BCUT2D eigenvalue weighted by atomic mass is 10.0. The van der Waals surface area contributed by atoms with Crippen LogP contribution in [0.5, 0.6) is 0 Å². The zero-order chi connectivity index (χ0) is 27.9. The normalized spacial score (nSPS) is 17.4. The minimum absolute atomic E-state index is 0.0283. The predicted molar refractivity (Wildman–Crippen MR) is 150 cm³/mol. The number of hydrogen-bond donors (Lipinski definition) is 6. The van der Waals surface area contributed by atoms with E-state index in [1.807, 2.05) is 60.8 Å². The number of para-hydroxylation sites is 1. The maximum Gasteiger partial charge on any atom is 0.326 e. The van der Waals surface area contributed by atoms with E-state index in [0.29, 0.717) is 19.4 Å². The number of benzene rings is 2. The van der Waals surface area contributed by atoms with E-state index in [9.17, 15) is 24.3 Å². The van der Waals surface area contributed by atoms with Crippen LogP contribution in [-0.2, 0) is 32.0 Å². The van der Waals surface area contributed by atoms with Crippen molar-refractivity contribution in [1.82, 2.24) is 20.5 Å². The molecule has 3 amide bonds. The van der Waals surface area contributed by atoms with Crippen molar-refractivity contribution in [1.29, 1.82) is 0 Å². The number of nitrogens with one attached hydrogen (secondary N) is 3. The topological polar surface area (TPSA) is 158 Å². The molecule has 2 heterocycles. The molecule has 0 spiro atoms. The number of nitrogens with two attached hydrogens (primary N) is 1. The number of H-pyrrole nitrogens is 1. The first-order valence-electron chi connectivity index (χ1n) is 12.9. The maximum atomic E-state index is 13.4. The quantitative estimate of drug-likeness (QED) is 0.197. The fourth-order valence-corrected chi connectivity index (χ4v) is 5.16. The molecular formula is C28H33N5O5S. The van der Waals surface area contributed by atoms with Crippen LogP contribution in [0.15, 0.2) is 60.8 Å². The number of likely N-dealkylation sites (tertiary alicyclic amines) is 1. The number of carbonyl (C=O) groups is 4. The highest BCUT2D eigenvalue weighted by atomic mass is 32.1. The second-order valence-electron chi connectivity index (χ2n) is 9.69. The smallest absolute Gasteiger partial charge is 0.326 e. The molecule has 3 aromatic rings. The molecular weight excluding hydrogens is 518 g/mol. The van der Waals surface area contributed by atoms with Crippen molar-refractivity contribution in [2.24, 2.45) is 5.73 Å². The molecule has 206 valence electrons. The van der Waals surface area contributed by atoms with Gasteiger partial charge < -0.3 is 31.4 Å². The van der Waals surface area contributed by atoms with Crippen molar-refractivity contribution >= 4 is 47.2 Å². The summed E-state index contributed by atoms with van der Waals surface area (Å²) in [6, 6.07) is 13.0. The standard InChI is InChI=1S/C28H33N5O5S/c29-20(14-18-15-30-21-10-5-4-9-19(18)21)25(34)31-22(13-17-7-2-1-3-8-17)26(35)32-23(16-39)27(36)33-12-6-11-24(33)28(37)38/h1-5,7-10,15,20,22-24,30,39H,6,11-14,16,29H2,(H,31,34)(H,32,35)(H,37,38). The molecule has 4 atom stereocenters. The van der Waals surface area contributed by atoms with Gasteiger partial charge in [0.25, 0.3) is 0 Å². The van der Waals surface area contributed by atoms with Crippen molar-refractivity contribution in [3.8, 4) is 0 Å². The average molecular weight is 552 g/mol. The Morgan fingerprint density at radius 3 is 2.41 bits per heavy atom. The van der Waals surface area contributed by atoms with Gasteiger partial charge in [0.1, 0.15) is 18.1 Å². The molecule has 39 heavy (non-hydrogen) atoms. The van der Waals surface area contributed by atoms with E-state index in [2.05, 4.69) is 28.2 Å². The van der Waals surface area contributed by atoms with E-state index in [1.165, 1.54) is 4.90 Å². The number of rotatable bonds is 11.